The summed E-state index contributed by atoms with van der Waals surface area (Å²) < 4.78 is 0. The zero-order valence-corrected chi connectivity index (χ0v) is 31.4. The normalized spacial score (nSPS) is 4.29. The van der Waals surface area contributed by atoms with E-state index in [1.807, 2.05) is 0 Å². The van der Waals surface area contributed by atoms with Gasteiger partial charge in [0.05, 0.1) is 0 Å². The fourth-order valence-electron chi connectivity index (χ4n) is 0. The van der Waals surface area contributed by atoms with Crippen LogP contribution in [0.15, 0.2) is 0 Å². The second-order valence-electron chi connectivity index (χ2n) is 1.50. The summed E-state index contributed by atoms with van der Waals surface area (Å²) in [5.41, 5.74) is -0.500. The molecule has 72 valence electrons. The standard InChI is InChI=1S/C5H8.CH3.4W.4Y/c1-5(2,3)4;;;;;;;;;/h1-4H2;1H3;;;;;;;;/q-4;-1;;;2*+2;;;;. The zero-order valence-electron chi connectivity index (χ0n) is 8.27. The van der Waals surface area contributed by atoms with Crippen molar-refractivity contribution in [3.8, 4) is 0 Å². The van der Waals surface area contributed by atoms with E-state index in [0.29, 0.717) is 0 Å². The first-order valence-electron chi connectivity index (χ1n) is 1.41. The van der Waals surface area contributed by atoms with Crippen LogP contribution >= 0.6 is 0 Å². The molecule has 0 aromatic rings. The molecule has 0 aromatic heterocycles. The SMILES string of the molecule is [CH2-]C([CH2-])([CH2-])[CH2-].[CH3-].[W+2].[W+2].[W].[W].[Y].[Y].[Y].[Y]. The van der Waals surface area contributed by atoms with E-state index in [1.165, 1.54) is 0 Å². The molecule has 0 fully saturated rings. The Bertz CT molecular complexity index is 37.3. The first-order valence-corrected chi connectivity index (χ1v) is 1.41. The van der Waals surface area contributed by atoms with Gasteiger partial charge in [-0.25, -0.2) is 0 Å². The van der Waals surface area contributed by atoms with E-state index >= 15 is 0 Å². The quantitative estimate of drug-likeness (QED) is 0.325. The Morgan fingerprint density at radius 2 is 0.571 bits per heavy atom. The topological polar surface area (TPSA) is 0 Å². The average molecular weight is 1170 g/mol. The molecular weight excluding hydrogens is 1160 g/mol. The van der Waals surface area contributed by atoms with E-state index in [9.17, 15) is 0 Å². The van der Waals surface area contributed by atoms with Crippen molar-refractivity contribution in [2.45, 2.75) is 0 Å². The second kappa shape index (κ2) is 42.7. The van der Waals surface area contributed by atoms with Gasteiger partial charge in [-0.3, -0.25) is 0 Å². The van der Waals surface area contributed by atoms with Crippen molar-refractivity contribution in [2.75, 3.05) is 0 Å². The fraction of sp³-hybridized carbons (Fsp3) is 0.167. The molecule has 0 saturated heterocycles. The van der Waals surface area contributed by atoms with Crippen LogP contribution in [-0.2, 0) is 215 Å². The van der Waals surface area contributed by atoms with Crippen molar-refractivity contribution in [3.05, 3.63) is 35.1 Å². The van der Waals surface area contributed by atoms with Crippen LogP contribution in [0.4, 0.5) is 0 Å². The first-order chi connectivity index (χ1) is 2.00. The molecule has 8 heteroatoms. The Morgan fingerprint density at radius 3 is 0.571 bits per heavy atom. The van der Waals surface area contributed by atoms with Crippen molar-refractivity contribution in [2.24, 2.45) is 5.41 Å². The van der Waals surface area contributed by atoms with E-state index in [0.717, 1.165) is 0 Å². The maximum atomic E-state index is 3.44. The summed E-state index contributed by atoms with van der Waals surface area (Å²) in [4.78, 5) is 0. The molecule has 0 rings (SSSR count). The molecule has 0 amide bonds. The fourth-order valence-corrected chi connectivity index (χ4v) is 0. The summed E-state index contributed by atoms with van der Waals surface area (Å²) in [6.07, 6.45) is 0. The van der Waals surface area contributed by atoms with Gasteiger partial charge in [-0.15, -0.1) is 0 Å². The van der Waals surface area contributed by atoms with E-state index in [4.69, 9.17) is 0 Å². The molecule has 0 aliphatic heterocycles. The molecule has 0 saturated carbocycles. The smallest absolute Gasteiger partial charge is 0.584 e. The minimum absolute atomic E-state index is 0. The van der Waals surface area contributed by atoms with Gasteiger partial charge in [0.25, 0.3) is 0 Å². The van der Waals surface area contributed by atoms with Crippen LogP contribution in [0.2, 0.25) is 0 Å². The maximum absolute atomic E-state index is 3.44. The van der Waals surface area contributed by atoms with Crippen molar-refractivity contribution < 1.29 is 215 Å². The minimum Gasteiger partial charge on any atom is -0.584 e. The first kappa shape index (κ1) is 69.0. The monoisotopic (exact) mass is 1170 g/mol. The van der Waals surface area contributed by atoms with Crippen LogP contribution in [0.5, 0.6) is 0 Å². The van der Waals surface area contributed by atoms with Crippen molar-refractivity contribution >= 4 is 0 Å². The molecule has 0 aliphatic carbocycles. The van der Waals surface area contributed by atoms with Crippen LogP contribution in [0.1, 0.15) is 0 Å². The molecule has 0 atom stereocenters. The zero-order chi connectivity index (χ0) is 4.50. The number of rotatable bonds is 0. The summed E-state index contributed by atoms with van der Waals surface area (Å²) in [6, 6.07) is 0. The summed E-state index contributed by atoms with van der Waals surface area (Å²) >= 11 is 0. The third-order valence-corrected chi connectivity index (χ3v) is 0. The van der Waals surface area contributed by atoms with Crippen molar-refractivity contribution in [1.29, 1.82) is 0 Å². The average Bonchev–Trinajstić information content (AvgIpc) is 0.722. The van der Waals surface area contributed by atoms with Crippen molar-refractivity contribution in [1.82, 2.24) is 0 Å². The molecule has 0 nitrogen and oxygen atoms in total. The van der Waals surface area contributed by atoms with Crippen LogP contribution < -0.4 is 0 Å². The molecule has 4 radical (unpaired) electrons. The van der Waals surface area contributed by atoms with Gasteiger partial charge < -0.3 is 40.5 Å². The van der Waals surface area contributed by atoms with E-state index in [-0.39, 0.29) is 223 Å². The van der Waals surface area contributed by atoms with Gasteiger partial charge >= 0.3 is 42.1 Å². The summed E-state index contributed by atoms with van der Waals surface area (Å²) in [5, 5.41) is 0. The second-order valence-corrected chi connectivity index (χ2v) is 1.50. The Balaban J connectivity index is -0.00000000222. The Kier molecular flexibility index (Phi) is 211. The summed E-state index contributed by atoms with van der Waals surface area (Å²) in [5.74, 6) is 0. The molecule has 0 N–H and O–H groups in total. The van der Waals surface area contributed by atoms with Gasteiger partial charge in [0.15, 0.2) is 0 Å². The van der Waals surface area contributed by atoms with Gasteiger partial charge in [-0.05, 0) is 0 Å². The van der Waals surface area contributed by atoms with Gasteiger partial charge in [-0.2, -0.15) is 0 Å². The third kappa shape index (κ3) is 123. The predicted molar refractivity (Wildman–Crippen MR) is 30.3 cm³/mol. The molecule has 0 heterocycles. The third-order valence-electron chi connectivity index (χ3n) is 0. The molecule has 0 aromatic carbocycles. The summed E-state index contributed by atoms with van der Waals surface area (Å²) in [7, 11) is 0. The molecule has 0 unspecified atom stereocenters. The maximum Gasteiger partial charge on any atom is 2.00 e. The van der Waals surface area contributed by atoms with Crippen molar-refractivity contribution in [3.63, 3.8) is 0 Å². The molecule has 14 heavy (non-hydrogen) atoms. The van der Waals surface area contributed by atoms with E-state index in [1.54, 1.807) is 0 Å². The van der Waals surface area contributed by atoms with Crippen LogP contribution in [-0.4, -0.2) is 0 Å². The van der Waals surface area contributed by atoms with Crippen LogP contribution in [0.25, 0.3) is 0 Å². The minimum atomic E-state index is -0.500. The Hall–Kier alpha value is 7.17. The molecule has 0 aliphatic rings. The van der Waals surface area contributed by atoms with Crippen LogP contribution in [0.3, 0.4) is 0 Å². The Labute approximate surface area is 249 Å². The van der Waals surface area contributed by atoms with Gasteiger partial charge in [0.2, 0.25) is 0 Å². The predicted octanol–water partition coefficient (Wildman–Crippen LogP) is 1.74. The van der Waals surface area contributed by atoms with Gasteiger partial charge in [0, 0.05) is 173 Å². The van der Waals surface area contributed by atoms with Gasteiger partial charge in [-0.1, -0.05) is 0 Å². The summed E-state index contributed by atoms with van der Waals surface area (Å²) in [6.45, 7) is 13.8. The van der Waals surface area contributed by atoms with E-state index in [2.05, 4.69) is 27.7 Å². The van der Waals surface area contributed by atoms with Gasteiger partial charge in [0.1, 0.15) is 0 Å². The molecular formula is C6H11W4Y4-. The number of hydrogen-bond acceptors (Lipinski definition) is 0. The molecule has 0 spiro atoms. The van der Waals surface area contributed by atoms with E-state index < -0.39 is 5.41 Å². The Morgan fingerprint density at radius 1 is 0.571 bits per heavy atom. The van der Waals surface area contributed by atoms with Crippen LogP contribution in [0, 0.1) is 40.5 Å². The largest absolute Gasteiger partial charge is 2.00 e. The number of hydrogen-bond donors (Lipinski definition) is 0. The molecule has 0 bridgehead atoms.